The van der Waals surface area contributed by atoms with Gasteiger partial charge in [-0.3, -0.25) is 0 Å². The third-order valence-corrected chi connectivity index (χ3v) is 4.74. The summed E-state index contributed by atoms with van der Waals surface area (Å²) < 4.78 is 0. The fourth-order valence-electron chi connectivity index (χ4n) is 1.82. The molecule has 2 N–H and O–H groups in total. The average molecular weight is 281 g/mol. The number of likely N-dealkylation sites (N-methyl/N-ethyl adjacent to an activating group) is 1. The summed E-state index contributed by atoms with van der Waals surface area (Å²) in [6, 6.07) is 4.88. The van der Waals surface area contributed by atoms with Gasteiger partial charge in [-0.2, -0.15) is 0 Å². The van der Waals surface area contributed by atoms with Crippen molar-refractivity contribution in [1.82, 2.24) is 9.88 Å². The smallest absolute Gasteiger partial charge is 0.180 e. The van der Waals surface area contributed by atoms with Crippen molar-refractivity contribution in [2.45, 2.75) is 25.8 Å². The van der Waals surface area contributed by atoms with Crippen molar-refractivity contribution < 1.29 is 0 Å². The quantitative estimate of drug-likeness (QED) is 0.885. The third-order valence-electron chi connectivity index (χ3n) is 3.12. The molecule has 2 aromatic rings. The van der Waals surface area contributed by atoms with Crippen molar-refractivity contribution in [1.29, 1.82) is 0 Å². The normalized spacial score (nSPS) is 13.1. The molecule has 2 aromatic heterocycles. The van der Waals surface area contributed by atoms with E-state index in [2.05, 4.69) is 41.4 Å². The number of hydrogen-bond acceptors (Lipinski definition) is 5. The number of nitrogens with two attached hydrogens (primary N) is 1. The van der Waals surface area contributed by atoms with Gasteiger partial charge in [0, 0.05) is 29.3 Å². The predicted octanol–water partition coefficient (Wildman–Crippen LogP) is 2.89. The molecule has 2 rings (SSSR count). The Bertz CT molecular complexity index is 464. The second-order valence-electron chi connectivity index (χ2n) is 4.54. The van der Waals surface area contributed by atoms with Crippen LogP contribution < -0.4 is 5.73 Å². The van der Waals surface area contributed by atoms with Crippen LogP contribution in [0.5, 0.6) is 0 Å². The molecule has 0 spiro atoms. The van der Waals surface area contributed by atoms with E-state index in [1.807, 2.05) is 16.7 Å². The van der Waals surface area contributed by atoms with Gasteiger partial charge in [-0.1, -0.05) is 6.07 Å². The number of thiophene rings is 1. The summed E-state index contributed by atoms with van der Waals surface area (Å²) >= 11 is 3.35. The van der Waals surface area contributed by atoms with Crippen LogP contribution >= 0.6 is 22.7 Å². The topological polar surface area (TPSA) is 42.1 Å². The minimum Gasteiger partial charge on any atom is -0.375 e. The number of rotatable bonds is 6. The van der Waals surface area contributed by atoms with Crippen molar-refractivity contribution in [3.05, 3.63) is 33.5 Å². The summed E-state index contributed by atoms with van der Waals surface area (Å²) in [5.74, 6) is 0. The maximum Gasteiger partial charge on any atom is 0.180 e. The molecule has 0 aliphatic carbocycles. The molecule has 5 heteroatoms. The van der Waals surface area contributed by atoms with Gasteiger partial charge in [-0.15, -0.1) is 22.7 Å². The highest BCUT2D eigenvalue weighted by Crippen LogP contribution is 2.15. The van der Waals surface area contributed by atoms with Crippen LogP contribution in [0.3, 0.4) is 0 Å². The molecule has 0 aromatic carbocycles. The molecule has 1 atom stereocenters. The van der Waals surface area contributed by atoms with Crippen LogP contribution in [0.25, 0.3) is 0 Å². The second-order valence-corrected chi connectivity index (χ2v) is 6.46. The van der Waals surface area contributed by atoms with Gasteiger partial charge in [0.15, 0.2) is 5.13 Å². The molecule has 3 nitrogen and oxygen atoms in total. The van der Waals surface area contributed by atoms with E-state index in [0.29, 0.717) is 11.2 Å². The largest absolute Gasteiger partial charge is 0.375 e. The lowest BCUT2D eigenvalue weighted by Gasteiger charge is -2.23. The molecule has 1 unspecified atom stereocenters. The van der Waals surface area contributed by atoms with Gasteiger partial charge in [0.05, 0.1) is 5.69 Å². The standard InChI is InChI=1S/C13H19N3S2/c1-10(8-12-4-3-7-17-12)16(2)6-5-11-9-18-13(14)15-11/h3-4,7,9-10H,5-6,8H2,1-2H3,(H2,14,15). The number of thiazole rings is 1. The predicted molar refractivity (Wildman–Crippen MR) is 80.3 cm³/mol. The highest BCUT2D eigenvalue weighted by atomic mass is 32.1. The molecular weight excluding hydrogens is 262 g/mol. The van der Waals surface area contributed by atoms with E-state index in [1.54, 1.807) is 0 Å². The maximum atomic E-state index is 5.63. The van der Waals surface area contributed by atoms with Crippen molar-refractivity contribution in [2.24, 2.45) is 0 Å². The molecule has 0 fully saturated rings. The van der Waals surface area contributed by atoms with Crippen LogP contribution in [0.4, 0.5) is 5.13 Å². The lowest BCUT2D eigenvalue weighted by Crippen LogP contribution is -2.32. The molecule has 0 aliphatic heterocycles. The Hall–Kier alpha value is -0.910. The Balaban J connectivity index is 1.78. The van der Waals surface area contributed by atoms with Crippen LogP contribution in [0.15, 0.2) is 22.9 Å². The van der Waals surface area contributed by atoms with E-state index in [-0.39, 0.29) is 0 Å². The summed E-state index contributed by atoms with van der Waals surface area (Å²) in [6.07, 6.45) is 2.09. The first-order valence-electron chi connectivity index (χ1n) is 6.07. The average Bonchev–Trinajstić information content (AvgIpc) is 2.97. The summed E-state index contributed by atoms with van der Waals surface area (Å²) in [5.41, 5.74) is 6.73. The van der Waals surface area contributed by atoms with Crippen molar-refractivity contribution in [3.63, 3.8) is 0 Å². The maximum absolute atomic E-state index is 5.63. The highest BCUT2D eigenvalue weighted by Gasteiger charge is 2.11. The SMILES string of the molecule is CC(Cc1cccs1)N(C)CCc1csc(N)n1. The van der Waals surface area contributed by atoms with E-state index in [1.165, 1.54) is 16.2 Å². The van der Waals surface area contributed by atoms with Gasteiger partial charge in [0.2, 0.25) is 0 Å². The van der Waals surface area contributed by atoms with E-state index in [4.69, 9.17) is 5.73 Å². The summed E-state index contributed by atoms with van der Waals surface area (Å²) in [7, 11) is 2.17. The zero-order valence-corrected chi connectivity index (χ0v) is 12.4. The van der Waals surface area contributed by atoms with Crippen LogP contribution in [-0.4, -0.2) is 29.5 Å². The highest BCUT2D eigenvalue weighted by molar-refractivity contribution is 7.13. The molecule has 0 amide bonds. The monoisotopic (exact) mass is 281 g/mol. The summed E-state index contributed by atoms with van der Waals surface area (Å²) in [4.78, 5) is 8.12. The molecule has 0 saturated carbocycles. The Kier molecular flexibility index (Phi) is 4.74. The molecule has 0 aliphatic rings. The van der Waals surface area contributed by atoms with Crippen LogP contribution in [0, 0.1) is 0 Å². The first kappa shape index (κ1) is 13.5. The number of aromatic nitrogens is 1. The van der Waals surface area contributed by atoms with Crippen LogP contribution in [0.2, 0.25) is 0 Å². The first-order valence-corrected chi connectivity index (χ1v) is 7.83. The Morgan fingerprint density at radius 1 is 1.44 bits per heavy atom. The van der Waals surface area contributed by atoms with Gasteiger partial charge in [0.1, 0.15) is 0 Å². The zero-order chi connectivity index (χ0) is 13.0. The van der Waals surface area contributed by atoms with Crippen LogP contribution in [0.1, 0.15) is 17.5 Å². The van der Waals surface area contributed by atoms with E-state index in [9.17, 15) is 0 Å². The number of hydrogen-bond donors (Lipinski definition) is 1. The van der Waals surface area contributed by atoms with E-state index in [0.717, 1.165) is 25.1 Å². The summed E-state index contributed by atoms with van der Waals surface area (Å²) in [5, 5.41) is 4.85. The summed E-state index contributed by atoms with van der Waals surface area (Å²) in [6.45, 7) is 3.30. The molecule has 18 heavy (non-hydrogen) atoms. The lowest BCUT2D eigenvalue weighted by atomic mass is 10.2. The van der Waals surface area contributed by atoms with Gasteiger partial charge < -0.3 is 10.6 Å². The Labute approximate surface area is 116 Å². The molecule has 0 saturated heterocycles. The minimum atomic E-state index is 0.555. The Morgan fingerprint density at radius 2 is 2.28 bits per heavy atom. The van der Waals surface area contributed by atoms with Crippen molar-refractivity contribution in [2.75, 3.05) is 19.3 Å². The zero-order valence-electron chi connectivity index (χ0n) is 10.8. The fourth-order valence-corrected chi connectivity index (χ4v) is 3.25. The minimum absolute atomic E-state index is 0.555. The van der Waals surface area contributed by atoms with Gasteiger partial charge in [0.25, 0.3) is 0 Å². The van der Waals surface area contributed by atoms with Gasteiger partial charge in [-0.25, -0.2) is 4.98 Å². The van der Waals surface area contributed by atoms with Gasteiger partial charge >= 0.3 is 0 Å². The molecular formula is C13H19N3S2. The van der Waals surface area contributed by atoms with E-state index >= 15 is 0 Å². The molecule has 0 radical (unpaired) electrons. The molecule has 0 bridgehead atoms. The van der Waals surface area contributed by atoms with Crippen molar-refractivity contribution >= 4 is 27.8 Å². The third kappa shape index (κ3) is 3.80. The first-order chi connectivity index (χ1) is 8.65. The molecule has 2 heterocycles. The van der Waals surface area contributed by atoms with E-state index < -0.39 is 0 Å². The van der Waals surface area contributed by atoms with Crippen LogP contribution in [-0.2, 0) is 12.8 Å². The molecule has 98 valence electrons. The number of nitrogens with zero attached hydrogens (tertiary/aromatic N) is 2. The van der Waals surface area contributed by atoms with Crippen molar-refractivity contribution in [3.8, 4) is 0 Å². The number of nitrogen functional groups attached to an aromatic ring is 1. The fraction of sp³-hybridized carbons (Fsp3) is 0.462. The second kappa shape index (κ2) is 6.31. The van der Waals surface area contributed by atoms with Gasteiger partial charge in [-0.05, 0) is 31.8 Å². The number of anilines is 1. The lowest BCUT2D eigenvalue weighted by molar-refractivity contribution is 0.260. The Morgan fingerprint density at radius 3 is 2.89 bits per heavy atom.